The normalized spacial score (nSPS) is 20.8. The molecular formula is C16H24N2O4. The van der Waals surface area contributed by atoms with Gasteiger partial charge in [-0.05, 0) is 37.8 Å². The highest BCUT2D eigenvalue weighted by atomic mass is 16.6. The van der Waals surface area contributed by atoms with E-state index in [1.807, 2.05) is 0 Å². The van der Waals surface area contributed by atoms with Crippen molar-refractivity contribution in [3.05, 3.63) is 22.3 Å². The van der Waals surface area contributed by atoms with Gasteiger partial charge in [0.05, 0.1) is 13.2 Å². The number of hydrogen-bond donors (Lipinski definition) is 1. The maximum atomic E-state index is 10.4. The van der Waals surface area contributed by atoms with Crippen LogP contribution >= 0.6 is 0 Å². The number of allylic oxidation sites excluding steroid dienone is 2. The predicted octanol–water partition coefficient (Wildman–Crippen LogP) is 1.83. The van der Waals surface area contributed by atoms with Gasteiger partial charge in [-0.2, -0.15) is 0 Å². The summed E-state index contributed by atoms with van der Waals surface area (Å²) in [5.74, 6) is -1.10. The van der Waals surface area contributed by atoms with Crippen molar-refractivity contribution in [3.8, 4) is 0 Å². The van der Waals surface area contributed by atoms with Crippen LogP contribution in [0.3, 0.4) is 0 Å². The smallest absolute Gasteiger partial charge is 0.350 e. The second-order valence-corrected chi connectivity index (χ2v) is 5.86. The molecular weight excluding hydrogens is 284 g/mol. The SMILES string of the molecule is CC1=C(C)CC(CN2CCOCC2)=C(CON=CC(=O)O)C1. The molecule has 0 bridgehead atoms. The Morgan fingerprint density at radius 1 is 1.27 bits per heavy atom. The van der Waals surface area contributed by atoms with Gasteiger partial charge in [-0.1, -0.05) is 16.3 Å². The second kappa shape index (κ2) is 8.10. The molecule has 1 saturated heterocycles. The Morgan fingerprint density at radius 2 is 1.91 bits per heavy atom. The Bertz CT molecular complexity index is 502. The summed E-state index contributed by atoms with van der Waals surface area (Å²) < 4.78 is 5.39. The number of morpholine rings is 1. The van der Waals surface area contributed by atoms with Crippen molar-refractivity contribution in [1.29, 1.82) is 0 Å². The molecule has 0 radical (unpaired) electrons. The highest BCUT2D eigenvalue weighted by molar-refractivity contribution is 6.21. The van der Waals surface area contributed by atoms with E-state index in [0.29, 0.717) is 6.61 Å². The first-order chi connectivity index (χ1) is 10.6. The zero-order chi connectivity index (χ0) is 15.9. The lowest BCUT2D eigenvalue weighted by Gasteiger charge is -2.30. The van der Waals surface area contributed by atoms with Crippen LogP contribution in [0.1, 0.15) is 26.7 Å². The van der Waals surface area contributed by atoms with Crippen LogP contribution in [0.2, 0.25) is 0 Å². The van der Waals surface area contributed by atoms with Crippen LogP contribution < -0.4 is 0 Å². The minimum Gasteiger partial charge on any atom is -0.477 e. The van der Waals surface area contributed by atoms with Crippen molar-refractivity contribution >= 4 is 12.2 Å². The van der Waals surface area contributed by atoms with E-state index in [1.54, 1.807) is 0 Å². The van der Waals surface area contributed by atoms with Crippen LogP contribution in [0.5, 0.6) is 0 Å². The number of hydrogen-bond acceptors (Lipinski definition) is 5. The molecule has 0 aromatic carbocycles. The van der Waals surface area contributed by atoms with E-state index in [1.165, 1.54) is 22.3 Å². The van der Waals surface area contributed by atoms with Gasteiger partial charge in [0, 0.05) is 19.6 Å². The topological polar surface area (TPSA) is 71.4 Å². The maximum absolute atomic E-state index is 10.4. The summed E-state index contributed by atoms with van der Waals surface area (Å²) in [5, 5.41) is 12.0. The lowest BCUT2D eigenvalue weighted by Crippen LogP contribution is -2.38. The van der Waals surface area contributed by atoms with Crippen molar-refractivity contribution in [1.82, 2.24) is 4.90 Å². The Kier molecular flexibility index (Phi) is 6.15. The molecule has 6 nitrogen and oxygen atoms in total. The Hall–Kier alpha value is -1.66. The molecule has 1 aliphatic heterocycles. The molecule has 0 aromatic rings. The van der Waals surface area contributed by atoms with Crippen molar-refractivity contribution in [2.24, 2.45) is 5.16 Å². The molecule has 22 heavy (non-hydrogen) atoms. The summed E-state index contributed by atoms with van der Waals surface area (Å²) >= 11 is 0. The average Bonchev–Trinajstić information content (AvgIpc) is 2.49. The minimum atomic E-state index is -1.10. The van der Waals surface area contributed by atoms with Gasteiger partial charge in [0.2, 0.25) is 0 Å². The molecule has 0 saturated carbocycles. The molecule has 6 heteroatoms. The summed E-state index contributed by atoms with van der Waals surface area (Å²) in [6, 6.07) is 0. The van der Waals surface area contributed by atoms with Crippen LogP contribution in [-0.4, -0.2) is 61.6 Å². The van der Waals surface area contributed by atoms with Gasteiger partial charge in [0.15, 0.2) is 6.21 Å². The van der Waals surface area contributed by atoms with Crippen LogP contribution in [0, 0.1) is 0 Å². The van der Waals surface area contributed by atoms with Gasteiger partial charge in [0.25, 0.3) is 0 Å². The van der Waals surface area contributed by atoms with Crippen LogP contribution in [0.4, 0.5) is 0 Å². The minimum absolute atomic E-state index is 0.355. The first-order valence-electron chi connectivity index (χ1n) is 7.59. The molecule has 0 atom stereocenters. The molecule has 1 fully saturated rings. The van der Waals surface area contributed by atoms with E-state index in [-0.39, 0.29) is 0 Å². The summed E-state index contributed by atoms with van der Waals surface area (Å²) in [4.78, 5) is 18.0. The van der Waals surface area contributed by atoms with Crippen molar-refractivity contribution in [2.75, 3.05) is 39.5 Å². The fourth-order valence-electron chi connectivity index (χ4n) is 2.74. The third-order valence-electron chi connectivity index (χ3n) is 4.18. The fourth-order valence-corrected chi connectivity index (χ4v) is 2.74. The van der Waals surface area contributed by atoms with Gasteiger partial charge in [-0.15, -0.1) is 0 Å². The number of aliphatic carboxylic acids is 1. The van der Waals surface area contributed by atoms with Crippen molar-refractivity contribution < 1.29 is 19.5 Å². The Balaban J connectivity index is 2.00. The molecule has 1 heterocycles. The van der Waals surface area contributed by atoms with Gasteiger partial charge in [0.1, 0.15) is 6.61 Å². The molecule has 0 aromatic heterocycles. The number of carboxylic acids is 1. The van der Waals surface area contributed by atoms with Crippen LogP contribution in [-0.2, 0) is 14.4 Å². The second-order valence-electron chi connectivity index (χ2n) is 5.86. The molecule has 1 aliphatic carbocycles. The Morgan fingerprint density at radius 3 is 2.55 bits per heavy atom. The van der Waals surface area contributed by atoms with Gasteiger partial charge in [-0.25, -0.2) is 4.79 Å². The number of nitrogens with zero attached hydrogens (tertiary/aromatic N) is 2. The number of oxime groups is 1. The molecule has 2 rings (SSSR count). The standard InChI is InChI=1S/C16H24N2O4/c1-12-7-14(10-18-3-5-21-6-4-18)15(8-13(12)2)11-22-17-9-16(19)20/h9H,3-8,10-11H2,1-2H3,(H,19,20). The highest BCUT2D eigenvalue weighted by Crippen LogP contribution is 2.30. The molecule has 0 amide bonds. The summed E-state index contributed by atoms with van der Waals surface area (Å²) in [7, 11) is 0. The maximum Gasteiger partial charge on any atom is 0.350 e. The zero-order valence-corrected chi connectivity index (χ0v) is 13.3. The average molecular weight is 308 g/mol. The third kappa shape index (κ3) is 4.96. The van der Waals surface area contributed by atoms with E-state index in [2.05, 4.69) is 23.9 Å². The van der Waals surface area contributed by atoms with E-state index in [9.17, 15) is 4.79 Å². The van der Waals surface area contributed by atoms with Gasteiger partial charge in [-0.3, -0.25) is 4.90 Å². The molecule has 0 unspecified atom stereocenters. The first kappa shape index (κ1) is 16.7. The van der Waals surface area contributed by atoms with Crippen LogP contribution in [0.25, 0.3) is 0 Å². The first-order valence-corrected chi connectivity index (χ1v) is 7.59. The predicted molar refractivity (Wildman–Crippen MR) is 84.0 cm³/mol. The summed E-state index contributed by atoms with van der Waals surface area (Å²) in [5.41, 5.74) is 5.38. The lowest BCUT2D eigenvalue weighted by molar-refractivity contribution is -0.129. The molecule has 0 spiro atoms. The fraction of sp³-hybridized carbons (Fsp3) is 0.625. The van der Waals surface area contributed by atoms with E-state index < -0.39 is 5.97 Å². The molecule has 122 valence electrons. The summed E-state index contributed by atoms with van der Waals surface area (Å²) in [6.45, 7) is 9.08. The molecule has 2 aliphatic rings. The van der Waals surface area contributed by atoms with Gasteiger partial charge < -0.3 is 14.7 Å². The van der Waals surface area contributed by atoms with E-state index in [4.69, 9.17) is 14.7 Å². The van der Waals surface area contributed by atoms with E-state index >= 15 is 0 Å². The van der Waals surface area contributed by atoms with Crippen LogP contribution in [0.15, 0.2) is 27.4 Å². The monoisotopic (exact) mass is 308 g/mol. The largest absolute Gasteiger partial charge is 0.477 e. The molecule has 1 N–H and O–H groups in total. The van der Waals surface area contributed by atoms with E-state index in [0.717, 1.165) is 51.9 Å². The highest BCUT2D eigenvalue weighted by Gasteiger charge is 2.20. The quantitative estimate of drug-likeness (QED) is 0.460. The zero-order valence-electron chi connectivity index (χ0n) is 13.3. The van der Waals surface area contributed by atoms with Crippen molar-refractivity contribution in [3.63, 3.8) is 0 Å². The number of carbonyl (C=O) groups is 1. The number of carboxylic acid groups (broad SMARTS) is 1. The van der Waals surface area contributed by atoms with Gasteiger partial charge >= 0.3 is 5.97 Å². The third-order valence-corrected chi connectivity index (χ3v) is 4.18. The number of ether oxygens (including phenoxy) is 1. The Labute approximate surface area is 131 Å². The summed E-state index contributed by atoms with van der Waals surface area (Å²) in [6.07, 6.45) is 2.62. The van der Waals surface area contributed by atoms with Crippen molar-refractivity contribution in [2.45, 2.75) is 26.7 Å². The number of rotatable bonds is 6. The lowest BCUT2D eigenvalue weighted by atomic mass is 9.87.